The summed E-state index contributed by atoms with van der Waals surface area (Å²) >= 11 is 0. The molecule has 0 aliphatic carbocycles. The first-order valence-electron chi connectivity index (χ1n) is 8.77. The Bertz CT molecular complexity index is 850. The van der Waals surface area contributed by atoms with Crippen molar-refractivity contribution >= 4 is 11.8 Å². The van der Waals surface area contributed by atoms with E-state index in [1.165, 1.54) is 6.07 Å². The van der Waals surface area contributed by atoms with Crippen molar-refractivity contribution < 1.29 is 14.0 Å². The molecule has 4 nitrogen and oxygen atoms in total. The van der Waals surface area contributed by atoms with E-state index in [0.29, 0.717) is 30.6 Å². The Hall–Kier alpha value is -2.69. The fourth-order valence-corrected chi connectivity index (χ4v) is 3.30. The normalized spacial score (nSPS) is 17.5. The summed E-state index contributed by atoms with van der Waals surface area (Å²) in [6.45, 7) is 4.52. The molecule has 136 valence electrons. The number of benzene rings is 2. The van der Waals surface area contributed by atoms with Crippen molar-refractivity contribution in [1.29, 1.82) is 0 Å². The molecule has 1 aliphatic rings. The van der Waals surface area contributed by atoms with Crippen LogP contribution in [-0.2, 0) is 11.2 Å². The predicted octanol–water partition coefficient (Wildman–Crippen LogP) is 3.03. The lowest BCUT2D eigenvalue weighted by Crippen LogP contribution is -2.56. The van der Waals surface area contributed by atoms with Crippen LogP contribution in [0, 0.1) is 12.7 Å². The summed E-state index contributed by atoms with van der Waals surface area (Å²) in [5.41, 5.74) is 2.82. The van der Waals surface area contributed by atoms with Gasteiger partial charge in [-0.15, -0.1) is 0 Å². The van der Waals surface area contributed by atoms with Crippen LogP contribution in [0.1, 0.15) is 34.0 Å². The molecule has 0 spiro atoms. The monoisotopic (exact) mass is 354 g/mol. The van der Waals surface area contributed by atoms with Gasteiger partial charge in [-0.25, -0.2) is 4.39 Å². The van der Waals surface area contributed by atoms with Crippen LogP contribution in [0.5, 0.6) is 0 Å². The van der Waals surface area contributed by atoms with Crippen LogP contribution < -0.4 is 0 Å². The van der Waals surface area contributed by atoms with Gasteiger partial charge in [0.15, 0.2) is 0 Å². The van der Waals surface area contributed by atoms with Crippen molar-refractivity contribution in [3.05, 3.63) is 70.5 Å². The van der Waals surface area contributed by atoms with Crippen LogP contribution in [0.3, 0.4) is 0 Å². The number of halogens is 1. The van der Waals surface area contributed by atoms with Gasteiger partial charge in [0.05, 0.1) is 0 Å². The first kappa shape index (κ1) is 18.1. The maximum Gasteiger partial charge on any atom is 0.254 e. The van der Waals surface area contributed by atoms with E-state index in [2.05, 4.69) is 0 Å². The highest BCUT2D eigenvalue weighted by molar-refractivity contribution is 5.99. The van der Waals surface area contributed by atoms with E-state index in [1.54, 1.807) is 42.8 Å². The Morgan fingerprint density at radius 2 is 1.92 bits per heavy atom. The Labute approximate surface area is 153 Å². The van der Waals surface area contributed by atoms with Gasteiger partial charge in [0.2, 0.25) is 5.91 Å². The number of hydrogen-bond donors (Lipinski definition) is 0. The lowest BCUT2D eigenvalue weighted by atomic mass is 9.97. The summed E-state index contributed by atoms with van der Waals surface area (Å²) in [5, 5.41) is 0. The smallest absolute Gasteiger partial charge is 0.254 e. The number of aryl methyl sites for hydroxylation is 1. The minimum Gasteiger partial charge on any atom is -0.342 e. The number of hydrogen-bond acceptors (Lipinski definition) is 2. The lowest BCUT2D eigenvalue weighted by Gasteiger charge is -2.37. The Balaban J connectivity index is 1.88. The molecule has 2 aromatic rings. The van der Waals surface area contributed by atoms with Gasteiger partial charge in [-0.3, -0.25) is 9.59 Å². The van der Waals surface area contributed by atoms with Crippen LogP contribution in [0.25, 0.3) is 0 Å². The second kappa shape index (κ2) is 7.28. The molecular weight excluding hydrogens is 331 g/mol. The highest BCUT2D eigenvalue weighted by atomic mass is 19.1. The first-order chi connectivity index (χ1) is 12.4. The van der Waals surface area contributed by atoms with Crippen molar-refractivity contribution in [3.8, 4) is 0 Å². The van der Waals surface area contributed by atoms with Crippen LogP contribution in [0.2, 0.25) is 0 Å². The second-order valence-electron chi connectivity index (χ2n) is 6.85. The van der Waals surface area contributed by atoms with Crippen LogP contribution in [0.15, 0.2) is 42.5 Å². The molecule has 2 amide bonds. The van der Waals surface area contributed by atoms with Gasteiger partial charge in [0.1, 0.15) is 11.9 Å². The number of nitrogens with zero attached hydrogens (tertiary/aromatic N) is 2. The van der Waals surface area contributed by atoms with E-state index in [4.69, 9.17) is 0 Å². The van der Waals surface area contributed by atoms with Gasteiger partial charge in [-0.2, -0.15) is 0 Å². The summed E-state index contributed by atoms with van der Waals surface area (Å²) in [7, 11) is 1.75. The topological polar surface area (TPSA) is 40.6 Å². The van der Waals surface area contributed by atoms with E-state index in [1.807, 2.05) is 24.3 Å². The molecule has 1 atom stereocenters. The minimum atomic E-state index is -0.480. The van der Waals surface area contributed by atoms with E-state index >= 15 is 0 Å². The molecule has 3 rings (SSSR count). The summed E-state index contributed by atoms with van der Waals surface area (Å²) < 4.78 is 13.8. The molecule has 0 N–H and O–H groups in total. The molecule has 2 aromatic carbocycles. The van der Waals surface area contributed by atoms with Crippen LogP contribution >= 0.6 is 0 Å². The number of likely N-dealkylation sites (N-methyl/N-ethyl adjacent to an activating group) is 1. The van der Waals surface area contributed by atoms with Gasteiger partial charge in [-0.1, -0.05) is 30.3 Å². The van der Waals surface area contributed by atoms with Crippen molar-refractivity contribution in [2.24, 2.45) is 0 Å². The Morgan fingerprint density at radius 3 is 2.65 bits per heavy atom. The maximum atomic E-state index is 13.8. The summed E-state index contributed by atoms with van der Waals surface area (Å²) in [6.07, 6.45) is 0.467. The van der Waals surface area contributed by atoms with Gasteiger partial charge in [0.25, 0.3) is 5.91 Å². The highest BCUT2D eigenvalue weighted by Crippen LogP contribution is 2.20. The van der Waals surface area contributed by atoms with Crippen LogP contribution in [0.4, 0.5) is 4.39 Å². The third kappa shape index (κ3) is 3.47. The first-order valence-corrected chi connectivity index (χ1v) is 8.77. The number of carbonyl (C=O) groups excluding carboxylic acids is 2. The molecule has 1 aliphatic heterocycles. The number of carbonyl (C=O) groups is 2. The largest absolute Gasteiger partial charge is 0.342 e. The zero-order valence-corrected chi connectivity index (χ0v) is 15.3. The summed E-state index contributed by atoms with van der Waals surface area (Å²) in [4.78, 5) is 28.6. The van der Waals surface area contributed by atoms with Crippen LogP contribution in [-0.4, -0.2) is 47.8 Å². The zero-order valence-electron chi connectivity index (χ0n) is 15.3. The average molecular weight is 354 g/mol. The van der Waals surface area contributed by atoms with E-state index < -0.39 is 6.04 Å². The SMILES string of the molecule is Cc1ccc(Cc2ccccc2C(=O)N2CCN(C)C(=O)[C@@H]2C)cc1F. The molecule has 0 saturated carbocycles. The molecule has 1 fully saturated rings. The molecule has 5 heteroatoms. The number of rotatable bonds is 3. The molecule has 1 saturated heterocycles. The number of piperazine rings is 1. The second-order valence-corrected chi connectivity index (χ2v) is 6.85. The van der Waals surface area contributed by atoms with Gasteiger partial charge < -0.3 is 9.80 Å². The van der Waals surface area contributed by atoms with Crippen molar-refractivity contribution in [2.45, 2.75) is 26.3 Å². The van der Waals surface area contributed by atoms with Crippen molar-refractivity contribution in [3.63, 3.8) is 0 Å². The highest BCUT2D eigenvalue weighted by Gasteiger charge is 2.33. The molecule has 0 unspecified atom stereocenters. The van der Waals surface area contributed by atoms with Crippen molar-refractivity contribution in [1.82, 2.24) is 9.80 Å². The molecule has 0 aromatic heterocycles. The fraction of sp³-hybridized carbons (Fsp3) is 0.333. The summed E-state index contributed by atoms with van der Waals surface area (Å²) in [6, 6.07) is 12.0. The average Bonchev–Trinajstić information content (AvgIpc) is 2.63. The molecule has 0 radical (unpaired) electrons. The Morgan fingerprint density at radius 1 is 1.19 bits per heavy atom. The van der Waals surface area contributed by atoms with Gasteiger partial charge >= 0.3 is 0 Å². The summed E-state index contributed by atoms with van der Waals surface area (Å²) in [5.74, 6) is -0.450. The van der Waals surface area contributed by atoms with E-state index in [0.717, 1.165) is 11.1 Å². The van der Waals surface area contributed by atoms with Gasteiger partial charge in [0, 0.05) is 25.7 Å². The predicted molar refractivity (Wildman–Crippen MR) is 98.5 cm³/mol. The third-order valence-corrected chi connectivity index (χ3v) is 5.02. The molecular formula is C21H23FN2O2. The standard InChI is InChI=1S/C21H23FN2O2/c1-14-8-9-16(13-19(14)22)12-17-6-4-5-7-18(17)21(26)24-11-10-23(3)20(25)15(24)2/h4-9,13,15H,10-12H2,1-3H3/t15-/m0/s1. The molecule has 1 heterocycles. The van der Waals surface area contributed by atoms with Gasteiger partial charge in [-0.05, 0) is 49.1 Å². The fourth-order valence-electron chi connectivity index (χ4n) is 3.30. The number of amides is 2. The molecule has 0 bridgehead atoms. The van der Waals surface area contributed by atoms with E-state index in [9.17, 15) is 14.0 Å². The minimum absolute atomic E-state index is 0.0531. The maximum absolute atomic E-state index is 13.8. The Kier molecular flexibility index (Phi) is 5.07. The zero-order chi connectivity index (χ0) is 18.8. The molecule has 26 heavy (non-hydrogen) atoms. The van der Waals surface area contributed by atoms with E-state index in [-0.39, 0.29) is 17.6 Å². The quantitative estimate of drug-likeness (QED) is 0.850. The lowest BCUT2D eigenvalue weighted by molar-refractivity contribution is -0.137. The van der Waals surface area contributed by atoms with Crippen molar-refractivity contribution in [2.75, 3.05) is 20.1 Å². The third-order valence-electron chi connectivity index (χ3n) is 5.02.